The third-order valence-electron chi connectivity index (χ3n) is 4.74. The maximum atomic E-state index is 12.6. The Morgan fingerprint density at radius 3 is 2.57 bits per heavy atom. The number of carbonyl (C=O) groups excluding carboxylic acids is 1. The lowest BCUT2D eigenvalue weighted by molar-refractivity contribution is -0.170. The number of carbonyl (C=O) groups is 1. The Bertz CT molecular complexity index is 579. The van der Waals surface area contributed by atoms with Crippen LogP contribution < -0.4 is 11.1 Å². The standard InChI is InChI=1S/C16H28N4O2S/c1-7-22-10-8-16(17,15(10,5)6)12(21)18-9-11-19-20-13(23-11)14(2,3)4/h10H,7-9,17H2,1-6H3,(H,18,21). The molecular weight excluding hydrogens is 312 g/mol. The average molecular weight is 340 g/mol. The van der Waals surface area contributed by atoms with Gasteiger partial charge in [-0.15, -0.1) is 10.2 Å². The molecule has 2 rings (SSSR count). The monoisotopic (exact) mass is 340 g/mol. The van der Waals surface area contributed by atoms with E-state index in [9.17, 15) is 4.79 Å². The van der Waals surface area contributed by atoms with E-state index in [0.717, 1.165) is 10.0 Å². The van der Waals surface area contributed by atoms with Crippen molar-refractivity contribution in [3.8, 4) is 0 Å². The first kappa shape index (κ1) is 18.3. The minimum Gasteiger partial charge on any atom is -0.378 e. The predicted octanol–water partition coefficient (Wildman–Crippen LogP) is 1.98. The van der Waals surface area contributed by atoms with Crippen LogP contribution in [0.5, 0.6) is 0 Å². The van der Waals surface area contributed by atoms with Crippen molar-refractivity contribution in [1.82, 2.24) is 15.5 Å². The second-order valence-corrected chi connectivity index (χ2v) is 8.84. The molecule has 0 saturated heterocycles. The van der Waals surface area contributed by atoms with Crippen LogP contribution in [0.2, 0.25) is 0 Å². The van der Waals surface area contributed by atoms with E-state index in [4.69, 9.17) is 10.5 Å². The summed E-state index contributed by atoms with van der Waals surface area (Å²) in [6.07, 6.45) is 0.570. The Labute approximate surface area is 142 Å². The van der Waals surface area contributed by atoms with Gasteiger partial charge < -0.3 is 15.8 Å². The highest BCUT2D eigenvalue weighted by Crippen LogP contribution is 2.49. The van der Waals surface area contributed by atoms with Gasteiger partial charge in [0.15, 0.2) is 0 Å². The van der Waals surface area contributed by atoms with Gasteiger partial charge in [-0.3, -0.25) is 4.79 Å². The van der Waals surface area contributed by atoms with Crippen molar-refractivity contribution < 1.29 is 9.53 Å². The zero-order chi connectivity index (χ0) is 17.5. The van der Waals surface area contributed by atoms with Gasteiger partial charge >= 0.3 is 0 Å². The molecule has 3 N–H and O–H groups in total. The Morgan fingerprint density at radius 2 is 2.09 bits per heavy atom. The highest BCUT2D eigenvalue weighted by atomic mass is 32.1. The van der Waals surface area contributed by atoms with Crippen molar-refractivity contribution in [3.05, 3.63) is 10.0 Å². The van der Waals surface area contributed by atoms with Gasteiger partial charge in [0.1, 0.15) is 15.6 Å². The molecule has 6 nitrogen and oxygen atoms in total. The minimum absolute atomic E-state index is 0.0253. The molecule has 1 aliphatic rings. The summed E-state index contributed by atoms with van der Waals surface area (Å²) < 4.78 is 5.66. The summed E-state index contributed by atoms with van der Waals surface area (Å²) in [5, 5.41) is 13.0. The quantitative estimate of drug-likeness (QED) is 0.855. The lowest BCUT2D eigenvalue weighted by atomic mass is 9.54. The van der Waals surface area contributed by atoms with Crippen LogP contribution in [0.4, 0.5) is 0 Å². The molecule has 1 fully saturated rings. The minimum atomic E-state index is -0.898. The van der Waals surface area contributed by atoms with Crippen LogP contribution >= 0.6 is 11.3 Å². The van der Waals surface area contributed by atoms with Crippen molar-refractivity contribution in [3.63, 3.8) is 0 Å². The van der Waals surface area contributed by atoms with Crippen molar-refractivity contribution in [1.29, 1.82) is 0 Å². The molecule has 0 aromatic carbocycles. The summed E-state index contributed by atoms with van der Waals surface area (Å²) in [5.41, 5.74) is 5.04. The largest absolute Gasteiger partial charge is 0.378 e. The summed E-state index contributed by atoms with van der Waals surface area (Å²) in [6, 6.07) is 0. The van der Waals surface area contributed by atoms with Crippen LogP contribution in [-0.2, 0) is 21.5 Å². The average Bonchev–Trinajstić information content (AvgIpc) is 2.93. The Balaban J connectivity index is 1.97. The van der Waals surface area contributed by atoms with Crippen LogP contribution in [0.25, 0.3) is 0 Å². The van der Waals surface area contributed by atoms with Crippen molar-refractivity contribution in [2.45, 2.75) is 71.6 Å². The second-order valence-electron chi connectivity index (χ2n) is 7.77. The molecule has 1 saturated carbocycles. The van der Waals surface area contributed by atoms with E-state index in [1.165, 1.54) is 11.3 Å². The van der Waals surface area contributed by atoms with Crippen LogP contribution in [-0.4, -0.2) is 34.4 Å². The summed E-state index contributed by atoms with van der Waals surface area (Å²) in [5.74, 6) is -0.147. The number of rotatable bonds is 5. The summed E-state index contributed by atoms with van der Waals surface area (Å²) in [4.78, 5) is 12.6. The molecule has 1 aromatic rings. The number of aromatic nitrogens is 2. The fraction of sp³-hybridized carbons (Fsp3) is 0.812. The maximum Gasteiger partial charge on any atom is 0.241 e. The van der Waals surface area contributed by atoms with Gasteiger partial charge in [0.25, 0.3) is 0 Å². The maximum absolute atomic E-state index is 12.6. The summed E-state index contributed by atoms with van der Waals surface area (Å²) in [6.45, 7) is 13.2. The van der Waals surface area contributed by atoms with Gasteiger partial charge in [0.05, 0.1) is 12.6 Å². The van der Waals surface area contributed by atoms with Crippen molar-refractivity contribution in [2.24, 2.45) is 11.1 Å². The zero-order valence-corrected chi connectivity index (χ0v) is 15.7. The number of ether oxygens (including phenoxy) is 1. The number of nitrogens with one attached hydrogen (secondary N) is 1. The molecular formula is C16H28N4O2S. The molecule has 1 heterocycles. The van der Waals surface area contributed by atoms with Gasteiger partial charge in [-0.05, 0) is 6.92 Å². The van der Waals surface area contributed by atoms with Crippen molar-refractivity contribution >= 4 is 17.2 Å². The van der Waals surface area contributed by atoms with Gasteiger partial charge in [0.2, 0.25) is 5.91 Å². The lowest BCUT2D eigenvalue weighted by Crippen LogP contribution is -2.75. The summed E-state index contributed by atoms with van der Waals surface area (Å²) >= 11 is 1.52. The van der Waals surface area contributed by atoms with Gasteiger partial charge in [-0.1, -0.05) is 46.0 Å². The van der Waals surface area contributed by atoms with E-state index in [2.05, 4.69) is 36.3 Å². The highest BCUT2D eigenvalue weighted by Gasteiger charge is 2.62. The fourth-order valence-corrected chi connectivity index (χ4v) is 3.60. The van der Waals surface area contributed by atoms with E-state index in [-0.39, 0.29) is 22.8 Å². The summed E-state index contributed by atoms with van der Waals surface area (Å²) in [7, 11) is 0. The van der Waals surface area contributed by atoms with E-state index in [1.54, 1.807) is 0 Å². The van der Waals surface area contributed by atoms with Gasteiger partial charge in [-0.2, -0.15) is 0 Å². The van der Waals surface area contributed by atoms with Crippen LogP contribution in [0, 0.1) is 5.41 Å². The number of hydrogen-bond acceptors (Lipinski definition) is 6. The predicted molar refractivity (Wildman–Crippen MR) is 91.2 cm³/mol. The topological polar surface area (TPSA) is 90.1 Å². The number of nitrogens with zero attached hydrogens (tertiary/aromatic N) is 2. The van der Waals surface area contributed by atoms with Gasteiger partial charge in [-0.25, -0.2) is 0 Å². The number of nitrogens with two attached hydrogens (primary N) is 1. The molecule has 130 valence electrons. The lowest BCUT2D eigenvalue weighted by Gasteiger charge is -2.57. The second kappa shape index (κ2) is 6.11. The molecule has 0 radical (unpaired) electrons. The van der Waals surface area contributed by atoms with E-state index >= 15 is 0 Å². The van der Waals surface area contributed by atoms with Gasteiger partial charge in [0, 0.05) is 23.9 Å². The van der Waals surface area contributed by atoms with Crippen LogP contribution in [0.1, 0.15) is 58.0 Å². The molecule has 0 spiro atoms. The normalized spacial score (nSPS) is 26.7. The molecule has 2 atom stereocenters. The molecule has 1 amide bonds. The molecule has 1 aromatic heterocycles. The van der Waals surface area contributed by atoms with Crippen LogP contribution in [0.3, 0.4) is 0 Å². The third kappa shape index (κ3) is 3.27. The Morgan fingerprint density at radius 1 is 1.43 bits per heavy atom. The first-order valence-electron chi connectivity index (χ1n) is 8.04. The molecule has 1 aliphatic carbocycles. The zero-order valence-electron chi connectivity index (χ0n) is 14.9. The van der Waals surface area contributed by atoms with E-state index in [0.29, 0.717) is 19.6 Å². The van der Waals surface area contributed by atoms with E-state index in [1.807, 2.05) is 20.8 Å². The molecule has 2 unspecified atom stereocenters. The molecule has 23 heavy (non-hydrogen) atoms. The fourth-order valence-electron chi connectivity index (χ4n) is 2.76. The third-order valence-corrected chi connectivity index (χ3v) is 6.09. The van der Waals surface area contributed by atoms with E-state index < -0.39 is 5.54 Å². The molecule has 0 aliphatic heterocycles. The SMILES string of the molecule is CCOC1CC(N)(C(=O)NCc2nnc(C(C)(C)C)s2)C1(C)C. The van der Waals surface area contributed by atoms with Crippen molar-refractivity contribution in [2.75, 3.05) is 6.61 Å². The Kier molecular flexibility index (Phi) is 4.86. The number of amides is 1. The first-order chi connectivity index (χ1) is 10.5. The number of hydrogen-bond donors (Lipinski definition) is 2. The highest BCUT2D eigenvalue weighted by molar-refractivity contribution is 7.11. The first-order valence-corrected chi connectivity index (χ1v) is 8.85. The molecule has 0 bridgehead atoms. The smallest absolute Gasteiger partial charge is 0.241 e. The van der Waals surface area contributed by atoms with Crippen LogP contribution in [0.15, 0.2) is 0 Å². The Hall–Kier alpha value is -1.05. The molecule has 7 heteroatoms.